The molecule has 1 heterocycles. The summed E-state index contributed by atoms with van der Waals surface area (Å²) in [5, 5.41) is 3.64. The van der Waals surface area contributed by atoms with Gasteiger partial charge >= 0.3 is 0 Å². The lowest BCUT2D eigenvalue weighted by atomic mass is 10.1. The summed E-state index contributed by atoms with van der Waals surface area (Å²) in [4.78, 5) is 17.6. The first-order chi connectivity index (χ1) is 9.92. The number of aryl methyl sites for hydroxylation is 1. The minimum atomic E-state index is -0.477. The largest absolute Gasteiger partial charge is 0.398 e. The Hall–Kier alpha value is -1.95. The van der Waals surface area contributed by atoms with Crippen molar-refractivity contribution >= 4 is 22.9 Å². The summed E-state index contributed by atoms with van der Waals surface area (Å²) in [6.45, 7) is 5.49. The highest BCUT2D eigenvalue weighted by Crippen LogP contribution is 2.22. The van der Waals surface area contributed by atoms with Crippen molar-refractivity contribution in [2.24, 2.45) is 0 Å². The highest BCUT2D eigenvalue weighted by atomic mass is 32.1. The molecule has 21 heavy (non-hydrogen) atoms. The Bertz CT molecular complexity index is 646. The van der Waals surface area contributed by atoms with Gasteiger partial charge in [0.05, 0.1) is 6.04 Å². The molecule has 112 valence electrons. The van der Waals surface area contributed by atoms with Crippen LogP contribution >= 0.6 is 11.3 Å². The van der Waals surface area contributed by atoms with Gasteiger partial charge in [-0.05, 0) is 32.4 Å². The third kappa shape index (κ3) is 3.39. The number of nitrogens with zero attached hydrogens (tertiary/aromatic N) is 1. The highest BCUT2D eigenvalue weighted by Gasteiger charge is 2.16. The quantitative estimate of drug-likeness (QED) is 0.852. The van der Waals surface area contributed by atoms with E-state index in [9.17, 15) is 9.18 Å². The molecule has 0 spiro atoms. The lowest BCUT2D eigenvalue weighted by Gasteiger charge is -2.12. The molecule has 1 amide bonds. The van der Waals surface area contributed by atoms with E-state index in [4.69, 9.17) is 5.73 Å². The number of anilines is 1. The van der Waals surface area contributed by atoms with Crippen molar-refractivity contribution in [3.8, 4) is 0 Å². The number of amides is 1. The predicted molar refractivity (Wildman–Crippen MR) is 82.9 cm³/mol. The molecule has 1 unspecified atom stereocenters. The Kier molecular flexibility index (Phi) is 4.57. The number of thiazole rings is 1. The van der Waals surface area contributed by atoms with E-state index in [-0.39, 0.29) is 23.2 Å². The number of carbonyl (C=O) groups is 1. The van der Waals surface area contributed by atoms with Crippen molar-refractivity contribution in [3.05, 3.63) is 45.2 Å². The zero-order chi connectivity index (χ0) is 15.6. The fourth-order valence-corrected chi connectivity index (χ4v) is 2.72. The van der Waals surface area contributed by atoms with Crippen molar-refractivity contribution in [2.45, 2.75) is 33.2 Å². The molecule has 0 aliphatic heterocycles. The molecule has 0 fully saturated rings. The third-order valence-electron chi connectivity index (χ3n) is 3.28. The van der Waals surface area contributed by atoms with Crippen LogP contribution in [0.5, 0.6) is 0 Å². The zero-order valence-corrected chi connectivity index (χ0v) is 13.1. The first kappa shape index (κ1) is 15.4. The second kappa shape index (κ2) is 6.22. The van der Waals surface area contributed by atoms with E-state index in [2.05, 4.69) is 17.2 Å². The van der Waals surface area contributed by atoms with E-state index in [1.807, 2.05) is 13.1 Å². The molecule has 1 aromatic heterocycles. The summed E-state index contributed by atoms with van der Waals surface area (Å²) in [5.41, 5.74) is 6.54. The topological polar surface area (TPSA) is 68.0 Å². The number of benzene rings is 1. The average molecular weight is 307 g/mol. The van der Waals surface area contributed by atoms with E-state index in [0.717, 1.165) is 16.3 Å². The van der Waals surface area contributed by atoms with Gasteiger partial charge in [0.15, 0.2) is 0 Å². The second-order valence-corrected chi connectivity index (χ2v) is 6.03. The maximum absolute atomic E-state index is 13.6. The van der Waals surface area contributed by atoms with Crippen LogP contribution in [0.25, 0.3) is 0 Å². The molecular formula is C15H18FN3OS. The minimum Gasteiger partial charge on any atom is -0.398 e. The Labute approximate surface area is 127 Å². The summed E-state index contributed by atoms with van der Waals surface area (Å²) in [5.74, 6) is -0.836. The number of aromatic nitrogens is 1. The lowest BCUT2D eigenvalue weighted by molar-refractivity contribution is 0.0939. The molecule has 1 aromatic carbocycles. The number of rotatable bonds is 4. The molecule has 3 N–H and O–H groups in total. The fourth-order valence-electron chi connectivity index (χ4n) is 1.86. The highest BCUT2D eigenvalue weighted by molar-refractivity contribution is 7.11. The number of nitrogen functional groups attached to an aromatic ring is 1. The van der Waals surface area contributed by atoms with Crippen LogP contribution < -0.4 is 11.1 Å². The van der Waals surface area contributed by atoms with Crippen LogP contribution in [0, 0.1) is 12.7 Å². The number of nitrogens with two attached hydrogens (primary N) is 1. The number of halogens is 1. The summed E-state index contributed by atoms with van der Waals surface area (Å²) in [7, 11) is 0. The van der Waals surface area contributed by atoms with Gasteiger partial charge in [-0.2, -0.15) is 0 Å². The Morgan fingerprint density at radius 1 is 1.52 bits per heavy atom. The van der Waals surface area contributed by atoms with Gasteiger partial charge in [0.25, 0.3) is 5.91 Å². The third-order valence-corrected chi connectivity index (χ3v) is 4.61. The van der Waals surface area contributed by atoms with Crippen molar-refractivity contribution in [2.75, 3.05) is 5.73 Å². The monoisotopic (exact) mass is 307 g/mol. The second-order valence-electron chi connectivity index (χ2n) is 4.89. The maximum atomic E-state index is 13.6. The van der Waals surface area contributed by atoms with Gasteiger partial charge in [-0.25, -0.2) is 9.37 Å². The standard InChI is InChI=1S/C15H18FN3OS/c1-4-11-7-18-15(21-11)9(3)19-14(20)10-5-12(16)8(2)13(17)6-10/h5-7,9H,4,17H2,1-3H3,(H,19,20). The summed E-state index contributed by atoms with van der Waals surface area (Å²) in [6, 6.07) is 2.46. The molecular weight excluding hydrogens is 289 g/mol. The number of hydrogen-bond acceptors (Lipinski definition) is 4. The molecule has 0 aliphatic rings. The van der Waals surface area contributed by atoms with E-state index >= 15 is 0 Å². The van der Waals surface area contributed by atoms with Gasteiger partial charge in [0, 0.05) is 27.9 Å². The summed E-state index contributed by atoms with van der Waals surface area (Å²) in [6.07, 6.45) is 2.73. The molecule has 6 heteroatoms. The Morgan fingerprint density at radius 2 is 2.24 bits per heavy atom. The fraction of sp³-hybridized carbons (Fsp3) is 0.333. The van der Waals surface area contributed by atoms with E-state index in [1.165, 1.54) is 12.1 Å². The molecule has 4 nitrogen and oxygen atoms in total. The van der Waals surface area contributed by atoms with Crippen molar-refractivity contribution in [1.82, 2.24) is 10.3 Å². The zero-order valence-electron chi connectivity index (χ0n) is 12.2. The Balaban J connectivity index is 2.14. The van der Waals surface area contributed by atoms with E-state index in [0.29, 0.717) is 5.56 Å². The number of nitrogens with one attached hydrogen (secondary N) is 1. The van der Waals surface area contributed by atoms with Gasteiger partial charge in [-0.1, -0.05) is 6.92 Å². The van der Waals surface area contributed by atoms with Gasteiger partial charge in [0.1, 0.15) is 10.8 Å². The first-order valence-corrected chi connectivity index (χ1v) is 7.55. The van der Waals surface area contributed by atoms with Gasteiger partial charge < -0.3 is 11.1 Å². The van der Waals surface area contributed by atoms with Crippen LogP contribution in [0.3, 0.4) is 0 Å². The normalized spacial score (nSPS) is 12.2. The van der Waals surface area contributed by atoms with E-state index < -0.39 is 5.82 Å². The number of hydrogen-bond donors (Lipinski definition) is 2. The molecule has 0 saturated heterocycles. The average Bonchev–Trinajstić information content (AvgIpc) is 2.93. The van der Waals surface area contributed by atoms with Crippen molar-refractivity contribution < 1.29 is 9.18 Å². The molecule has 0 aliphatic carbocycles. The van der Waals surface area contributed by atoms with Crippen LogP contribution in [0.1, 0.15) is 45.7 Å². The summed E-state index contributed by atoms with van der Waals surface area (Å²) >= 11 is 1.56. The first-order valence-electron chi connectivity index (χ1n) is 6.73. The molecule has 1 atom stereocenters. The van der Waals surface area contributed by atoms with Crippen LogP contribution in [-0.2, 0) is 6.42 Å². The van der Waals surface area contributed by atoms with Crippen molar-refractivity contribution in [3.63, 3.8) is 0 Å². The van der Waals surface area contributed by atoms with Crippen LogP contribution in [0.15, 0.2) is 18.3 Å². The Morgan fingerprint density at radius 3 is 2.81 bits per heavy atom. The minimum absolute atomic E-state index is 0.217. The smallest absolute Gasteiger partial charge is 0.252 e. The maximum Gasteiger partial charge on any atom is 0.252 e. The molecule has 0 radical (unpaired) electrons. The van der Waals surface area contributed by atoms with Gasteiger partial charge in [0.2, 0.25) is 0 Å². The lowest BCUT2D eigenvalue weighted by Crippen LogP contribution is -2.26. The van der Waals surface area contributed by atoms with Gasteiger partial charge in [-0.15, -0.1) is 11.3 Å². The molecule has 0 bridgehead atoms. The van der Waals surface area contributed by atoms with Crippen molar-refractivity contribution in [1.29, 1.82) is 0 Å². The molecule has 2 rings (SSSR count). The van der Waals surface area contributed by atoms with Crippen LogP contribution in [-0.4, -0.2) is 10.9 Å². The summed E-state index contributed by atoms with van der Waals surface area (Å²) < 4.78 is 13.6. The van der Waals surface area contributed by atoms with E-state index in [1.54, 1.807) is 18.3 Å². The predicted octanol–water partition coefficient (Wildman–Crippen LogP) is 3.23. The van der Waals surface area contributed by atoms with Crippen LogP contribution in [0.4, 0.5) is 10.1 Å². The molecule has 0 saturated carbocycles. The van der Waals surface area contributed by atoms with Crippen LogP contribution in [0.2, 0.25) is 0 Å². The van der Waals surface area contributed by atoms with Gasteiger partial charge in [-0.3, -0.25) is 4.79 Å². The molecule has 2 aromatic rings. The SMILES string of the molecule is CCc1cnc(C(C)NC(=O)c2cc(N)c(C)c(F)c2)s1. The number of carbonyl (C=O) groups excluding carboxylic acids is 1.